The van der Waals surface area contributed by atoms with Crippen molar-refractivity contribution >= 4 is 22.9 Å². The minimum atomic E-state index is -0.126. The normalized spacial score (nSPS) is 16.2. The summed E-state index contributed by atoms with van der Waals surface area (Å²) in [6, 6.07) is 20.3. The van der Waals surface area contributed by atoms with Crippen LogP contribution in [0.15, 0.2) is 71.0 Å². The predicted molar refractivity (Wildman–Crippen MR) is 95.5 cm³/mol. The van der Waals surface area contributed by atoms with Crippen LogP contribution in [0.25, 0.3) is 0 Å². The van der Waals surface area contributed by atoms with Gasteiger partial charge in [0.05, 0.1) is 5.69 Å². The van der Waals surface area contributed by atoms with Crippen molar-refractivity contribution in [1.82, 2.24) is 0 Å². The van der Waals surface area contributed by atoms with Gasteiger partial charge in [0.15, 0.2) is 0 Å². The largest absolute Gasteiger partial charge is 0.438 e. The molecular weight excluding hydrogens is 304 g/mol. The summed E-state index contributed by atoms with van der Waals surface area (Å²) < 4.78 is 6.07. The van der Waals surface area contributed by atoms with Crippen molar-refractivity contribution in [1.29, 1.82) is 0 Å². The number of anilines is 1. The molecule has 1 N–H and O–H groups in total. The van der Waals surface area contributed by atoms with Crippen molar-refractivity contribution in [2.24, 2.45) is 4.99 Å². The minimum Gasteiger partial charge on any atom is -0.438 e. The lowest BCUT2D eigenvalue weighted by atomic mass is 10.1. The average Bonchev–Trinajstić information content (AvgIpc) is 3.06. The van der Waals surface area contributed by atoms with Gasteiger partial charge in [-0.05, 0) is 36.1 Å². The maximum absolute atomic E-state index is 6.07. The van der Waals surface area contributed by atoms with Gasteiger partial charge in [-0.2, -0.15) is 0 Å². The van der Waals surface area contributed by atoms with Crippen LogP contribution in [0, 0.1) is 6.92 Å². The molecule has 0 aliphatic carbocycles. The van der Waals surface area contributed by atoms with E-state index >= 15 is 0 Å². The van der Waals surface area contributed by atoms with Crippen LogP contribution in [0.3, 0.4) is 0 Å². The second-order valence-electron chi connectivity index (χ2n) is 5.47. The molecule has 0 bridgehead atoms. The summed E-state index contributed by atoms with van der Waals surface area (Å²) in [4.78, 5) is 5.82. The van der Waals surface area contributed by atoms with Gasteiger partial charge in [0, 0.05) is 0 Å². The first-order valence-corrected chi connectivity index (χ1v) is 8.39. The smallest absolute Gasteiger partial charge is 0.236 e. The van der Waals surface area contributed by atoms with Gasteiger partial charge in [-0.25, -0.2) is 4.99 Å². The number of fused-ring (bicyclic) bond motifs is 1. The molecule has 114 valence electrons. The Bertz CT molecular complexity index is 837. The van der Waals surface area contributed by atoms with Crippen LogP contribution in [0.4, 0.5) is 5.69 Å². The lowest BCUT2D eigenvalue weighted by molar-refractivity contribution is 0.541. The Labute approximate surface area is 139 Å². The number of benzene rings is 2. The number of rotatable bonds is 2. The third kappa shape index (κ3) is 2.85. The predicted octanol–water partition coefficient (Wildman–Crippen LogP) is 5.01. The quantitative estimate of drug-likeness (QED) is 0.720. The van der Waals surface area contributed by atoms with Gasteiger partial charge in [-0.1, -0.05) is 48.0 Å². The lowest BCUT2D eigenvalue weighted by Crippen LogP contribution is -2.21. The standard InChI is InChI=1S/C19H16N2OS/c1-13-7-9-15(10-8-13)22-19-17-16(11-12-23-17)20-18(21-19)14-5-3-2-4-6-14/h2-12,18,20H,1H3. The number of hydrogen-bond acceptors (Lipinski definition) is 4. The summed E-state index contributed by atoms with van der Waals surface area (Å²) in [5, 5.41) is 5.52. The van der Waals surface area contributed by atoms with Crippen LogP contribution in [-0.2, 0) is 0 Å². The van der Waals surface area contributed by atoms with Crippen molar-refractivity contribution in [2.45, 2.75) is 13.1 Å². The molecule has 1 aromatic heterocycles. The van der Waals surface area contributed by atoms with Crippen molar-refractivity contribution < 1.29 is 4.74 Å². The van der Waals surface area contributed by atoms with Crippen molar-refractivity contribution in [3.63, 3.8) is 0 Å². The third-order valence-corrected chi connectivity index (χ3v) is 4.65. The zero-order chi connectivity index (χ0) is 15.6. The Hall–Kier alpha value is -2.59. The molecular formula is C19H16N2OS. The molecule has 0 saturated heterocycles. The van der Waals surface area contributed by atoms with E-state index in [-0.39, 0.29) is 6.17 Å². The first kappa shape index (κ1) is 14.0. The number of ether oxygens (including phenoxy) is 1. The number of aliphatic imine (C=N–C) groups is 1. The van der Waals surface area contributed by atoms with Crippen LogP contribution in [0.5, 0.6) is 5.75 Å². The number of nitrogens with one attached hydrogen (secondary N) is 1. The van der Waals surface area contributed by atoms with Gasteiger partial charge in [0.25, 0.3) is 0 Å². The molecule has 0 amide bonds. The molecule has 1 atom stereocenters. The number of nitrogens with zero attached hydrogens (tertiary/aromatic N) is 1. The number of hydrogen-bond donors (Lipinski definition) is 1. The van der Waals surface area contributed by atoms with E-state index in [0.717, 1.165) is 21.9 Å². The highest BCUT2D eigenvalue weighted by Crippen LogP contribution is 2.34. The van der Waals surface area contributed by atoms with E-state index in [4.69, 9.17) is 9.73 Å². The fourth-order valence-electron chi connectivity index (χ4n) is 2.53. The molecule has 0 saturated carbocycles. The Morgan fingerprint density at radius 2 is 1.78 bits per heavy atom. The minimum absolute atomic E-state index is 0.126. The highest BCUT2D eigenvalue weighted by Gasteiger charge is 2.24. The van der Waals surface area contributed by atoms with Gasteiger partial charge in [-0.3, -0.25) is 0 Å². The molecule has 0 fully saturated rings. The topological polar surface area (TPSA) is 33.6 Å². The van der Waals surface area contributed by atoms with Gasteiger partial charge < -0.3 is 10.1 Å². The molecule has 4 rings (SSSR count). The van der Waals surface area contributed by atoms with E-state index in [1.54, 1.807) is 11.3 Å². The second kappa shape index (κ2) is 5.89. The van der Waals surface area contributed by atoms with Gasteiger partial charge in [-0.15, -0.1) is 11.3 Å². The highest BCUT2D eigenvalue weighted by molar-refractivity contribution is 7.12. The van der Waals surface area contributed by atoms with Gasteiger partial charge >= 0.3 is 0 Å². The summed E-state index contributed by atoms with van der Waals surface area (Å²) in [6.45, 7) is 2.06. The fraction of sp³-hybridized carbons (Fsp3) is 0.105. The highest BCUT2D eigenvalue weighted by atomic mass is 32.1. The monoisotopic (exact) mass is 320 g/mol. The van der Waals surface area contributed by atoms with Crippen molar-refractivity contribution in [2.75, 3.05) is 5.32 Å². The SMILES string of the molecule is Cc1ccc(OC2=NC(c3ccccc3)Nc3ccsc32)cc1. The van der Waals surface area contributed by atoms with E-state index < -0.39 is 0 Å². The summed E-state index contributed by atoms with van der Waals surface area (Å²) >= 11 is 1.63. The summed E-state index contributed by atoms with van der Waals surface area (Å²) in [6.07, 6.45) is -0.126. The lowest BCUT2D eigenvalue weighted by Gasteiger charge is -2.23. The molecule has 1 aliphatic rings. The van der Waals surface area contributed by atoms with E-state index in [0.29, 0.717) is 5.90 Å². The average molecular weight is 320 g/mol. The first-order chi connectivity index (χ1) is 11.3. The maximum atomic E-state index is 6.07. The molecule has 3 aromatic rings. The zero-order valence-corrected chi connectivity index (χ0v) is 13.5. The Kier molecular flexibility index (Phi) is 3.60. The van der Waals surface area contributed by atoms with Crippen molar-refractivity contribution in [3.05, 3.63) is 82.0 Å². The summed E-state index contributed by atoms with van der Waals surface area (Å²) in [5.41, 5.74) is 3.40. The van der Waals surface area contributed by atoms with E-state index in [9.17, 15) is 0 Å². The van der Waals surface area contributed by atoms with Crippen LogP contribution >= 0.6 is 11.3 Å². The molecule has 1 aliphatic heterocycles. The molecule has 2 heterocycles. The Morgan fingerprint density at radius 3 is 2.57 bits per heavy atom. The molecule has 3 nitrogen and oxygen atoms in total. The third-order valence-electron chi connectivity index (χ3n) is 3.75. The van der Waals surface area contributed by atoms with E-state index in [1.165, 1.54) is 5.56 Å². The zero-order valence-electron chi connectivity index (χ0n) is 12.7. The molecule has 0 radical (unpaired) electrons. The summed E-state index contributed by atoms with van der Waals surface area (Å²) in [5.74, 6) is 1.48. The molecule has 1 unspecified atom stereocenters. The molecule has 0 spiro atoms. The maximum Gasteiger partial charge on any atom is 0.236 e. The van der Waals surface area contributed by atoms with Gasteiger partial charge in [0.2, 0.25) is 5.90 Å². The molecule has 23 heavy (non-hydrogen) atoms. The fourth-order valence-corrected chi connectivity index (χ4v) is 3.32. The number of thiophene rings is 1. The second-order valence-corrected chi connectivity index (χ2v) is 6.39. The first-order valence-electron chi connectivity index (χ1n) is 7.51. The van der Waals surface area contributed by atoms with Crippen LogP contribution in [0.2, 0.25) is 0 Å². The van der Waals surface area contributed by atoms with Crippen LogP contribution < -0.4 is 10.1 Å². The van der Waals surface area contributed by atoms with Gasteiger partial charge in [0.1, 0.15) is 16.8 Å². The Morgan fingerprint density at radius 1 is 1.00 bits per heavy atom. The molecule has 4 heteroatoms. The van der Waals surface area contributed by atoms with Crippen LogP contribution in [0.1, 0.15) is 22.2 Å². The van der Waals surface area contributed by atoms with E-state index in [1.807, 2.05) is 42.5 Å². The number of aryl methyl sites for hydroxylation is 1. The Balaban J connectivity index is 1.69. The van der Waals surface area contributed by atoms with Crippen molar-refractivity contribution in [3.8, 4) is 5.75 Å². The van der Waals surface area contributed by atoms with Crippen LogP contribution in [-0.4, -0.2) is 5.90 Å². The summed E-state index contributed by atoms with van der Waals surface area (Å²) in [7, 11) is 0. The molecule has 2 aromatic carbocycles. The van der Waals surface area contributed by atoms with E-state index in [2.05, 4.69) is 35.8 Å².